The minimum atomic E-state index is 0.254. The molecule has 0 fully saturated rings. The summed E-state index contributed by atoms with van der Waals surface area (Å²) in [5, 5.41) is 3.49. The van der Waals surface area contributed by atoms with Crippen molar-refractivity contribution in [3.05, 3.63) is 83.9 Å². The van der Waals surface area contributed by atoms with E-state index >= 15 is 0 Å². The van der Waals surface area contributed by atoms with Crippen LogP contribution >= 0.6 is 0 Å². The first-order valence-corrected chi connectivity index (χ1v) is 11.8. The van der Waals surface area contributed by atoms with Crippen molar-refractivity contribution in [2.45, 2.75) is 32.9 Å². The molecular weight excluding hydrogens is 412 g/mol. The van der Waals surface area contributed by atoms with Crippen molar-refractivity contribution < 1.29 is 14.2 Å². The molecule has 0 amide bonds. The Morgan fingerprint density at radius 1 is 0.970 bits per heavy atom. The Labute approximate surface area is 197 Å². The molecule has 1 heterocycles. The van der Waals surface area contributed by atoms with Crippen LogP contribution < -0.4 is 19.7 Å². The number of nitrogens with one attached hydrogen (secondary N) is 1. The molecule has 1 unspecified atom stereocenters. The number of para-hydroxylation sites is 2. The summed E-state index contributed by atoms with van der Waals surface area (Å²) in [6.07, 6.45) is 1.20. The van der Waals surface area contributed by atoms with Crippen molar-refractivity contribution in [2.75, 3.05) is 43.1 Å². The van der Waals surface area contributed by atoms with Crippen molar-refractivity contribution >= 4 is 11.4 Å². The number of hydrogen-bond acceptors (Lipinski definition) is 5. The van der Waals surface area contributed by atoms with E-state index in [1.807, 2.05) is 37.3 Å². The van der Waals surface area contributed by atoms with Gasteiger partial charge in [0.25, 0.3) is 0 Å². The molecule has 174 valence electrons. The van der Waals surface area contributed by atoms with Crippen LogP contribution in [0.15, 0.2) is 72.8 Å². The molecule has 0 aliphatic carbocycles. The highest BCUT2D eigenvalue weighted by molar-refractivity contribution is 5.59. The van der Waals surface area contributed by atoms with Crippen LogP contribution in [-0.2, 0) is 17.7 Å². The standard InChI is InChI=1S/C28H34N2O3/c1-3-31-22(2)20-23-8-10-24(11-9-23)21-29-25-12-14-26(15-13-25)32-18-16-30-17-19-33-28-7-5-4-6-27(28)30/h4-15,22,29H,3,16-21H2,1-2H3. The van der Waals surface area contributed by atoms with Gasteiger partial charge in [-0.15, -0.1) is 0 Å². The van der Waals surface area contributed by atoms with E-state index in [4.69, 9.17) is 14.2 Å². The zero-order valence-corrected chi connectivity index (χ0v) is 19.6. The number of nitrogens with zero attached hydrogens (tertiary/aromatic N) is 1. The summed E-state index contributed by atoms with van der Waals surface area (Å²) in [6.45, 7) is 8.77. The molecule has 33 heavy (non-hydrogen) atoms. The lowest BCUT2D eigenvalue weighted by Gasteiger charge is -2.31. The molecule has 0 radical (unpaired) electrons. The van der Waals surface area contributed by atoms with E-state index in [0.717, 1.165) is 55.5 Å². The third kappa shape index (κ3) is 6.65. The first-order valence-electron chi connectivity index (χ1n) is 11.8. The van der Waals surface area contributed by atoms with E-state index in [9.17, 15) is 0 Å². The van der Waals surface area contributed by atoms with Crippen molar-refractivity contribution in [3.63, 3.8) is 0 Å². The number of hydrogen-bond donors (Lipinski definition) is 1. The van der Waals surface area contributed by atoms with Gasteiger partial charge >= 0.3 is 0 Å². The molecule has 3 aromatic carbocycles. The van der Waals surface area contributed by atoms with Crippen LogP contribution in [0.5, 0.6) is 11.5 Å². The summed E-state index contributed by atoms with van der Waals surface area (Å²) < 4.78 is 17.3. The zero-order valence-electron chi connectivity index (χ0n) is 19.6. The molecule has 0 spiro atoms. The van der Waals surface area contributed by atoms with Crippen LogP contribution in [-0.4, -0.2) is 39.0 Å². The van der Waals surface area contributed by atoms with Gasteiger partial charge in [0, 0.05) is 18.8 Å². The summed E-state index contributed by atoms with van der Waals surface area (Å²) in [7, 11) is 0. The summed E-state index contributed by atoms with van der Waals surface area (Å²) >= 11 is 0. The van der Waals surface area contributed by atoms with E-state index in [1.165, 1.54) is 11.1 Å². The van der Waals surface area contributed by atoms with Gasteiger partial charge in [0.15, 0.2) is 0 Å². The molecular formula is C28H34N2O3. The molecule has 0 aromatic heterocycles. The van der Waals surface area contributed by atoms with E-state index in [-0.39, 0.29) is 6.10 Å². The van der Waals surface area contributed by atoms with Gasteiger partial charge in [0.1, 0.15) is 24.7 Å². The van der Waals surface area contributed by atoms with Crippen LogP contribution in [0, 0.1) is 0 Å². The largest absolute Gasteiger partial charge is 0.492 e. The van der Waals surface area contributed by atoms with Gasteiger partial charge in [0.05, 0.1) is 24.9 Å². The third-order valence-corrected chi connectivity index (χ3v) is 5.80. The fourth-order valence-corrected chi connectivity index (χ4v) is 4.07. The van der Waals surface area contributed by atoms with E-state index in [2.05, 4.69) is 59.6 Å². The normalized spacial score (nSPS) is 13.7. The van der Waals surface area contributed by atoms with Crippen molar-refractivity contribution in [1.29, 1.82) is 0 Å². The molecule has 1 N–H and O–H groups in total. The molecule has 0 saturated heterocycles. The lowest BCUT2D eigenvalue weighted by atomic mass is 10.1. The second kappa shape index (κ2) is 11.6. The third-order valence-electron chi connectivity index (χ3n) is 5.80. The molecule has 1 aliphatic rings. The maximum Gasteiger partial charge on any atom is 0.142 e. The molecule has 1 atom stereocenters. The van der Waals surface area contributed by atoms with Gasteiger partial charge in [-0.2, -0.15) is 0 Å². The lowest BCUT2D eigenvalue weighted by Crippen LogP contribution is -2.35. The fraction of sp³-hybridized carbons (Fsp3) is 0.357. The first kappa shape index (κ1) is 23.0. The van der Waals surface area contributed by atoms with Crippen LogP contribution in [0.2, 0.25) is 0 Å². The molecule has 5 heteroatoms. The Kier molecular flexibility index (Phi) is 8.09. The van der Waals surface area contributed by atoms with Crippen LogP contribution in [0.25, 0.3) is 0 Å². The van der Waals surface area contributed by atoms with Gasteiger partial charge in [-0.3, -0.25) is 0 Å². The minimum absolute atomic E-state index is 0.254. The summed E-state index contributed by atoms with van der Waals surface area (Å²) in [5.41, 5.74) is 4.79. The highest BCUT2D eigenvalue weighted by Crippen LogP contribution is 2.30. The highest BCUT2D eigenvalue weighted by Gasteiger charge is 2.16. The molecule has 3 aromatic rings. The second-order valence-electron chi connectivity index (χ2n) is 8.32. The van der Waals surface area contributed by atoms with Crippen LogP contribution in [0.4, 0.5) is 11.4 Å². The van der Waals surface area contributed by atoms with Crippen LogP contribution in [0.3, 0.4) is 0 Å². The zero-order chi connectivity index (χ0) is 22.9. The monoisotopic (exact) mass is 446 g/mol. The van der Waals surface area contributed by atoms with Crippen molar-refractivity contribution in [2.24, 2.45) is 0 Å². The predicted octanol–water partition coefficient (Wildman–Crippen LogP) is 5.54. The summed E-state index contributed by atoms with van der Waals surface area (Å²) in [5.74, 6) is 1.84. The fourth-order valence-electron chi connectivity index (χ4n) is 4.07. The van der Waals surface area contributed by atoms with Crippen molar-refractivity contribution in [1.82, 2.24) is 0 Å². The SMILES string of the molecule is CCOC(C)Cc1ccc(CNc2ccc(OCCN3CCOc4ccccc43)cc2)cc1. The van der Waals surface area contributed by atoms with E-state index < -0.39 is 0 Å². The Bertz CT molecular complexity index is 989. The second-order valence-corrected chi connectivity index (χ2v) is 8.32. The van der Waals surface area contributed by atoms with Gasteiger partial charge in [-0.25, -0.2) is 0 Å². The molecule has 1 aliphatic heterocycles. The Balaban J connectivity index is 1.21. The van der Waals surface area contributed by atoms with E-state index in [1.54, 1.807) is 0 Å². The Morgan fingerprint density at radius 3 is 2.52 bits per heavy atom. The van der Waals surface area contributed by atoms with Crippen molar-refractivity contribution in [3.8, 4) is 11.5 Å². The first-order chi connectivity index (χ1) is 16.2. The van der Waals surface area contributed by atoms with Gasteiger partial charge in [-0.1, -0.05) is 36.4 Å². The lowest BCUT2D eigenvalue weighted by molar-refractivity contribution is 0.0768. The highest BCUT2D eigenvalue weighted by atomic mass is 16.5. The van der Waals surface area contributed by atoms with Gasteiger partial charge < -0.3 is 24.4 Å². The smallest absolute Gasteiger partial charge is 0.142 e. The summed E-state index contributed by atoms with van der Waals surface area (Å²) in [4.78, 5) is 2.32. The van der Waals surface area contributed by atoms with Gasteiger partial charge in [-0.05, 0) is 67.8 Å². The Hall–Kier alpha value is -3.18. The number of ether oxygens (including phenoxy) is 3. The van der Waals surface area contributed by atoms with Gasteiger partial charge in [0.2, 0.25) is 0 Å². The average Bonchev–Trinajstić information content (AvgIpc) is 2.85. The van der Waals surface area contributed by atoms with E-state index in [0.29, 0.717) is 13.2 Å². The quantitative estimate of drug-likeness (QED) is 0.419. The number of benzene rings is 3. The predicted molar refractivity (Wildman–Crippen MR) is 135 cm³/mol. The maximum atomic E-state index is 5.98. The maximum absolute atomic E-state index is 5.98. The number of fused-ring (bicyclic) bond motifs is 1. The molecule has 4 rings (SSSR count). The molecule has 0 saturated carbocycles. The number of anilines is 2. The molecule has 5 nitrogen and oxygen atoms in total. The minimum Gasteiger partial charge on any atom is -0.492 e. The number of rotatable bonds is 11. The average molecular weight is 447 g/mol. The molecule has 0 bridgehead atoms. The summed E-state index contributed by atoms with van der Waals surface area (Å²) in [6, 6.07) is 25.1. The van der Waals surface area contributed by atoms with Crippen LogP contribution in [0.1, 0.15) is 25.0 Å². The Morgan fingerprint density at radius 2 is 1.73 bits per heavy atom. The topological polar surface area (TPSA) is 43.0 Å².